The lowest BCUT2D eigenvalue weighted by Gasteiger charge is -2.59. The van der Waals surface area contributed by atoms with E-state index in [2.05, 4.69) is 17.3 Å². The monoisotopic (exact) mass is 366 g/mol. The van der Waals surface area contributed by atoms with Crippen LogP contribution in [-0.4, -0.2) is 53.6 Å². The van der Waals surface area contributed by atoms with E-state index in [1.54, 1.807) is 6.07 Å². The summed E-state index contributed by atoms with van der Waals surface area (Å²) in [6, 6.07) is 3.16. The van der Waals surface area contributed by atoms with Crippen LogP contribution in [0, 0.1) is 5.92 Å². The summed E-state index contributed by atoms with van der Waals surface area (Å²) in [5.41, 5.74) is 1.71. The molecule has 1 amide bonds. The summed E-state index contributed by atoms with van der Waals surface area (Å²) in [6.45, 7) is 0.862. The van der Waals surface area contributed by atoms with Crippen LogP contribution in [0.1, 0.15) is 33.1 Å². The fraction of sp³-hybridized carbons (Fsp3) is 0.632. The summed E-state index contributed by atoms with van der Waals surface area (Å²) in [7, 11) is 2.09. The van der Waals surface area contributed by atoms with Gasteiger partial charge >= 0.3 is 0 Å². The van der Waals surface area contributed by atoms with Gasteiger partial charge in [0.05, 0.1) is 6.04 Å². The Morgan fingerprint density at radius 1 is 1.56 bits per heavy atom. The van der Waals surface area contributed by atoms with E-state index in [-0.39, 0.29) is 29.5 Å². The van der Waals surface area contributed by atoms with E-state index >= 15 is 0 Å². The molecule has 2 aliphatic heterocycles. The van der Waals surface area contributed by atoms with E-state index in [0.717, 1.165) is 30.5 Å². The van der Waals surface area contributed by atoms with Crippen molar-refractivity contribution in [2.24, 2.45) is 5.92 Å². The molecule has 4 aliphatic rings. The van der Waals surface area contributed by atoms with Gasteiger partial charge in [-0.05, 0) is 56.8 Å². The molecule has 1 saturated heterocycles. The maximum atomic E-state index is 12.0. The number of aromatic hydroxyl groups is 1. The first-order valence-electron chi connectivity index (χ1n) is 9.97. The molecule has 1 spiro atoms. The molecule has 2 heterocycles. The van der Waals surface area contributed by atoms with Crippen LogP contribution in [0.15, 0.2) is 12.1 Å². The first kappa shape index (κ1) is 13.7. The van der Waals surface area contributed by atoms with Crippen molar-refractivity contribution >= 4 is 17.5 Å². The van der Waals surface area contributed by atoms with Gasteiger partial charge in [-0.2, -0.15) is 0 Å². The van der Waals surface area contributed by atoms with Gasteiger partial charge in [0.2, 0.25) is 5.91 Å². The summed E-state index contributed by atoms with van der Waals surface area (Å²) < 4.78 is 23.9. The Morgan fingerprint density at radius 3 is 3.20 bits per heavy atom. The number of likely N-dealkylation sites (N-methyl/N-ethyl adjacent to an activating group) is 1. The summed E-state index contributed by atoms with van der Waals surface area (Å²) in [6.07, 6.45) is -0.347. The van der Waals surface area contributed by atoms with E-state index in [1.165, 1.54) is 0 Å². The van der Waals surface area contributed by atoms with Crippen molar-refractivity contribution in [1.82, 2.24) is 10.2 Å². The number of halogens is 1. The molecule has 1 aromatic rings. The van der Waals surface area contributed by atoms with Crippen molar-refractivity contribution in [2.45, 2.75) is 49.2 Å². The van der Waals surface area contributed by atoms with Gasteiger partial charge in [0, 0.05) is 19.8 Å². The van der Waals surface area contributed by atoms with Gasteiger partial charge in [-0.3, -0.25) is 4.79 Å². The van der Waals surface area contributed by atoms with Gasteiger partial charge in [0.15, 0.2) is 11.5 Å². The molecule has 5 rings (SSSR count). The third-order valence-electron chi connectivity index (χ3n) is 6.62. The number of benzene rings is 1. The standard InChI is InChI=1S/C19H23ClN2O3/c1-22-7-6-19-11-3-4-12(21-15(24)9-20)18(19)25-17-14(23)5-2-10(16(17)19)8-13(11)22/h2,5,11-13,18,23H,3-4,6-9H2,1H3,(H,21,24)/t11-,12+,13+,18-,19-/m0/s1/i3T,4T/t3?,4?,11-,12+,13+,18-,19-. The molecule has 2 bridgehead atoms. The van der Waals surface area contributed by atoms with Gasteiger partial charge in [-0.25, -0.2) is 0 Å². The third-order valence-corrected chi connectivity index (χ3v) is 6.87. The number of hydrogen-bond donors (Lipinski definition) is 2. The molecule has 2 fully saturated rings. The molecular weight excluding hydrogens is 340 g/mol. The number of carbonyl (C=O) groups is 1. The minimum absolute atomic E-state index is 0.0662. The van der Waals surface area contributed by atoms with Gasteiger partial charge in [0.1, 0.15) is 12.0 Å². The maximum Gasteiger partial charge on any atom is 0.235 e. The number of hydrogen-bond acceptors (Lipinski definition) is 4. The number of nitrogens with one attached hydrogen (secondary N) is 1. The zero-order valence-corrected chi connectivity index (χ0v) is 14.8. The van der Waals surface area contributed by atoms with Gasteiger partial charge < -0.3 is 20.1 Å². The lowest BCUT2D eigenvalue weighted by molar-refractivity contribution is -0.122. The van der Waals surface area contributed by atoms with Crippen LogP contribution >= 0.6 is 11.6 Å². The van der Waals surface area contributed by atoms with Gasteiger partial charge in [-0.1, -0.05) is 6.07 Å². The SMILES string of the molecule is [3H]C1C([3H])[C@H]2[C@H]3Cc4ccc(O)c5c4[C@@]2(CCN3C)[C@@H](O5)[C@@H]1NC(=O)CCl. The second-order valence-corrected chi connectivity index (χ2v) is 7.93. The minimum atomic E-state index is -0.813. The number of phenolic OH excluding ortho intramolecular Hbond substituents is 1. The highest BCUT2D eigenvalue weighted by Gasteiger charge is 2.65. The van der Waals surface area contributed by atoms with Crippen LogP contribution < -0.4 is 10.1 Å². The molecule has 1 aromatic carbocycles. The average Bonchev–Trinajstić information content (AvgIpc) is 3.00. The molecule has 0 aromatic heterocycles. The number of carbonyl (C=O) groups excluding carboxylic acids is 1. The summed E-state index contributed by atoms with van der Waals surface area (Å²) in [4.78, 5) is 14.3. The predicted octanol–water partition coefficient (Wildman–Crippen LogP) is 1.78. The van der Waals surface area contributed by atoms with E-state index in [4.69, 9.17) is 19.1 Å². The van der Waals surface area contributed by atoms with E-state index in [1.807, 2.05) is 6.07 Å². The highest BCUT2D eigenvalue weighted by molar-refractivity contribution is 6.27. The zero-order chi connectivity index (χ0) is 19.1. The number of rotatable bonds is 2. The Morgan fingerprint density at radius 2 is 2.40 bits per heavy atom. The normalized spacial score (nSPS) is 45.0. The molecule has 2 N–H and O–H groups in total. The molecule has 134 valence electrons. The molecule has 25 heavy (non-hydrogen) atoms. The number of likely N-dealkylation sites (tertiary alicyclic amines) is 1. The topological polar surface area (TPSA) is 61.8 Å². The minimum Gasteiger partial charge on any atom is -0.504 e. The zero-order valence-electron chi connectivity index (χ0n) is 16.0. The fourth-order valence-corrected chi connectivity index (χ4v) is 5.69. The van der Waals surface area contributed by atoms with Crippen LogP contribution in [0.5, 0.6) is 11.5 Å². The summed E-state index contributed by atoms with van der Waals surface area (Å²) in [5.74, 6) is -0.0334. The Balaban J connectivity index is 1.72. The lowest BCUT2D eigenvalue weighted by atomic mass is 9.51. The number of phenols is 1. The molecule has 1 saturated carbocycles. The molecule has 7 atom stereocenters. The molecule has 2 unspecified atom stereocenters. The number of nitrogens with zero attached hydrogens (tertiary/aromatic N) is 1. The third kappa shape index (κ3) is 1.91. The molecular formula is C19H23ClN2O3. The second kappa shape index (κ2) is 5.27. The highest BCUT2D eigenvalue weighted by atomic mass is 35.5. The highest BCUT2D eigenvalue weighted by Crippen LogP contribution is 2.63. The maximum absolute atomic E-state index is 12.0. The first-order chi connectivity index (χ1) is 12.9. The molecule has 0 radical (unpaired) electrons. The van der Waals surface area contributed by atoms with Gasteiger partial charge in [0.25, 0.3) is 0 Å². The van der Waals surface area contributed by atoms with E-state index in [9.17, 15) is 9.90 Å². The smallest absolute Gasteiger partial charge is 0.235 e. The van der Waals surface area contributed by atoms with Crippen molar-refractivity contribution in [3.05, 3.63) is 23.3 Å². The van der Waals surface area contributed by atoms with Gasteiger partial charge in [-0.15, -0.1) is 11.6 Å². The average molecular weight is 367 g/mol. The van der Waals surface area contributed by atoms with Crippen molar-refractivity contribution in [2.75, 3.05) is 19.5 Å². The fourth-order valence-electron chi connectivity index (χ4n) is 5.61. The van der Waals surface area contributed by atoms with Crippen molar-refractivity contribution in [3.8, 4) is 11.5 Å². The second-order valence-electron chi connectivity index (χ2n) is 7.67. The van der Waals surface area contributed by atoms with Crippen LogP contribution in [0.25, 0.3) is 0 Å². The summed E-state index contributed by atoms with van der Waals surface area (Å²) in [5, 5.41) is 13.3. The molecule has 5 nitrogen and oxygen atoms in total. The number of piperidine rings is 1. The summed E-state index contributed by atoms with van der Waals surface area (Å²) >= 11 is 5.69. The lowest BCUT2D eigenvalue weighted by Crippen LogP contribution is -2.68. The number of amides is 1. The Hall–Kier alpha value is -1.46. The molecule has 6 heteroatoms. The Kier molecular flexibility index (Phi) is 2.89. The van der Waals surface area contributed by atoms with E-state index < -0.39 is 30.4 Å². The van der Waals surface area contributed by atoms with Crippen LogP contribution in [0.3, 0.4) is 0 Å². The van der Waals surface area contributed by atoms with Crippen LogP contribution in [0.4, 0.5) is 0 Å². The van der Waals surface area contributed by atoms with Crippen molar-refractivity contribution in [3.63, 3.8) is 0 Å². The Labute approximate surface area is 155 Å². The Bertz CT molecular complexity index is 824. The largest absolute Gasteiger partial charge is 0.504 e. The first-order valence-corrected chi connectivity index (χ1v) is 9.35. The van der Waals surface area contributed by atoms with Crippen molar-refractivity contribution < 1.29 is 17.4 Å². The quantitative estimate of drug-likeness (QED) is 0.783. The van der Waals surface area contributed by atoms with Crippen LogP contribution in [-0.2, 0) is 16.6 Å². The number of alkyl halides is 1. The van der Waals surface area contributed by atoms with E-state index in [0.29, 0.717) is 5.75 Å². The predicted molar refractivity (Wildman–Crippen MR) is 94.3 cm³/mol. The molecule has 2 aliphatic carbocycles. The van der Waals surface area contributed by atoms with Crippen LogP contribution in [0.2, 0.25) is 0 Å². The number of ether oxygens (including phenoxy) is 1. The van der Waals surface area contributed by atoms with Crippen molar-refractivity contribution in [1.29, 1.82) is 0 Å².